The van der Waals surface area contributed by atoms with Gasteiger partial charge in [0.15, 0.2) is 0 Å². The number of ether oxygens (including phenoxy) is 1. The Bertz CT molecular complexity index is 931. The van der Waals surface area contributed by atoms with E-state index in [2.05, 4.69) is 64.6 Å². The van der Waals surface area contributed by atoms with Gasteiger partial charge in [-0.15, -0.1) is 0 Å². The van der Waals surface area contributed by atoms with Crippen molar-refractivity contribution in [2.75, 3.05) is 13.2 Å². The zero-order valence-corrected chi connectivity index (χ0v) is 24.9. The Balaban J connectivity index is 2.16. The topological polar surface area (TPSA) is 203 Å². The number of hydrogen-bond donors (Lipinski definition) is 7. The standard InChI is InChI=1S/C29H47O12P/c1-2-3-4-5-6-7-8-9-10-11-12-13-14-15-16-17-18-19-23(31)39-20-22(30)21-40-42(37,38)41-29-27(35)25(33)24(32)26(34)28(29)36/h3-4,6-7,9-10,12-13,15-16,22,24-30,32-36H,2,5,8,11,14,17-21H2,1H3,(H,37,38)/b4-3-,7-6-,10-9-,13-12-,16-15-/t22-,24?,25-,26?,27?,28?,29?/m1/s1. The molecule has 0 bridgehead atoms. The largest absolute Gasteiger partial charge is 0.472 e. The van der Waals surface area contributed by atoms with Crippen molar-refractivity contribution in [2.24, 2.45) is 0 Å². The van der Waals surface area contributed by atoms with Gasteiger partial charge in [-0.25, -0.2) is 4.57 Å². The number of hydrogen-bond acceptors (Lipinski definition) is 11. The molecule has 0 aliphatic heterocycles. The second-order valence-electron chi connectivity index (χ2n) is 9.72. The number of phosphoric ester groups is 1. The molecule has 0 radical (unpaired) electrons. The number of aliphatic hydroxyl groups excluding tert-OH is 6. The Kier molecular flexibility index (Phi) is 19.7. The van der Waals surface area contributed by atoms with Gasteiger partial charge in [0.2, 0.25) is 0 Å². The van der Waals surface area contributed by atoms with E-state index in [1.807, 2.05) is 12.2 Å². The molecule has 0 saturated heterocycles. The van der Waals surface area contributed by atoms with E-state index in [1.165, 1.54) is 0 Å². The van der Waals surface area contributed by atoms with Crippen molar-refractivity contribution in [3.05, 3.63) is 60.8 Å². The third-order valence-electron chi connectivity index (χ3n) is 6.10. The summed E-state index contributed by atoms with van der Waals surface area (Å²) in [5, 5.41) is 58.5. The highest BCUT2D eigenvalue weighted by Crippen LogP contribution is 2.47. The van der Waals surface area contributed by atoms with Crippen LogP contribution in [0.2, 0.25) is 0 Å². The summed E-state index contributed by atoms with van der Waals surface area (Å²) >= 11 is 0. The number of carbonyl (C=O) groups excluding carboxylic acids is 1. The summed E-state index contributed by atoms with van der Waals surface area (Å²) in [7, 11) is -5.00. The van der Waals surface area contributed by atoms with E-state index in [0.29, 0.717) is 12.8 Å². The Labute approximate surface area is 247 Å². The number of rotatable bonds is 20. The van der Waals surface area contributed by atoms with Gasteiger partial charge in [-0.05, 0) is 44.9 Å². The molecule has 8 atom stereocenters. The molecule has 12 nitrogen and oxygen atoms in total. The van der Waals surface area contributed by atoms with Gasteiger partial charge in [-0.2, -0.15) is 0 Å². The molecule has 1 rings (SSSR count). The van der Waals surface area contributed by atoms with Crippen LogP contribution in [0.15, 0.2) is 60.8 Å². The van der Waals surface area contributed by atoms with E-state index in [4.69, 9.17) is 4.74 Å². The molecule has 7 N–H and O–H groups in total. The van der Waals surface area contributed by atoms with Crippen molar-refractivity contribution in [3.63, 3.8) is 0 Å². The highest BCUT2D eigenvalue weighted by molar-refractivity contribution is 7.47. The Morgan fingerprint density at radius 2 is 1.19 bits per heavy atom. The second-order valence-corrected chi connectivity index (χ2v) is 11.1. The number of aliphatic hydroxyl groups is 6. The maximum atomic E-state index is 12.1. The quantitative estimate of drug-likeness (QED) is 0.0454. The van der Waals surface area contributed by atoms with Crippen LogP contribution < -0.4 is 0 Å². The molecule has 0 aromatic carbocycles. The van der Waals surface area contributed by atoms with Crippen LogP contribution in [0.3, 0.4) is 0 Å². The fourth-order valence-corrected chi connectivity index (χ4v) is 4.71. The smallest absolute Gasteiger partial charge is 0.463 e. The van der Waals surface area contributed by atoms with Crippen LogP contribution in [0.4, 0.5) is 0 Å². The van der Waals surface area contributed by atoms with E-state index < -0.39 is 69.7 Å². The zero-order chi connectivity index (χ0) is 31.4. The summed E-state index contributed by atoms with van der Waals surface area (Å²) in [5.41, 5.74) is 0. The van der Waals surface area contributed by atoms with E-state index in [1.54, 1.807) is 0 Å². The normalized spacial score (nSPS) is 27.5. The maximum absolute atomic E-state index is 12.1. The van der Waals surface area contributed by atoms with Crippen molar-refractivity contribution in [1.29, 1.82) is 0 Å². The molecule has 13 heteroatoms. The van der Waals surface area contributed by atoms with Gasteiger partial charge >= 0.3 is 13.8 Å². The van der Waals surface area contributed by atoms with E-state index in [9.17, 15) is 44.9 Å². The first-order valence-corrected chi connectivity index (χ1v) is 15.6. The van der Waals surface area contributed by atoms with Crippen molar-refractivity contribution in [3.8, 4) is 0 Å². The molecule has 0 aromatic heterocycles. The molecule has 1 fully saturated rings. The molecule has 0 spiro atoms. The average molecular weight is 619 g/mol. The molecule has 6 unspecified atom stereocenters. The number of unbranched alkanes of at least 4 members (excludes halogenated alkanes) is 1. The van der Waals surface area contributed by atoms with Gasteiger partial charge in [0.25, 0.3) is 0 Å². The molecule has 1 aliphatic rings. The summed E-state index contributed by atoms with van der Waals surface area (Å²) in [6, 6.07) is 0. The highest BCUT2D eigenvalue weighted by atomic mass is 31.2. The van der Waals surface area contributed by atoms with Crippen molar-refractivity contribution in [2.45, 2.75) is 101 Å². The van der Waals surface area contributed by atoms with Crippen LogP contribution in [0, 0.1) is 0 Å². The van der Waals surface area contributed by atoms with Crippen LogP contribution in [0.25, 0.3) is 0 Å². The summed E-state index contributed by atoms with van der Waals surface area (Å²) in [5.74, 6) is -0.570. The first-order chi connectivity index (χ1) is 20.0. The van der Waals surface area contributed by atoms with Crippen molar-refractivity contribution < 1.29 is 58.7 Å². The summed E-state index contributed by atoms with van der Waals surface area (Å²) in [4.78, 5) is 21.7. The van der Waals surface area contributed by atoms with Gasteiger partial charge in [0.05, 0.1) is 6.61 Å². The van der Waals surface area contributed by atoms with Gasteiger partial charge in [0.1, 0.15) is 49.3 Å². The first kappa shape index (κ1) is 38.1. The lowest BCUT2D eigenvalue weighted by atomic mass is 9.85. The minimum Gasteiger partial charge on any atom is -0.463 e. The number of esters is 1. The van der Waals surface area contributed by atoms with Crippen LogP contribution >= 0.6 is 7.82 Å². The molecule has 0 aromatic rings. The number of allylic oxidation sites excluding steroid dienone is 10. The van der Waals surface area contributed by atoms with E-state index >= 15 is 0 Å². The van der Waals surface area contributed by atoms with Gasteiger partial charge < -0.3 is 40.3 Å². The lowest BCUT2D eigenvalue weighted by Crippen LogP contribution is -2.64. The Morgan fingerprint density at radius 1 is 0.738 bits per heavy atom. The van der Waals surface area contributed by atoms with Crippen LogP contribution in [-0.2, 0) is 23.1 Å². The Morgan fingerprint density at radius 3 is 1.69 bits per heavy atom. The molecular formula is C29H47O12P. The SMILES string of the molecule is CC/C=C\C/C=C\C/C=C\C/C=C\C/C=C\CCCC(=O)OC[C@@H](O)COP(=O)(O)OC1C(O)C(O)C(O)[C@@H](O)C1O. The highest BCUT2D eigenvalue weighted by Gasteiger charge is 2.51. The fourth-order valence-electron chi connectivity index (χ4n) is 3.73. The monoisotopic (exact) mass is 618 g/mol. The lowest BCUT2D eigenvalue weighted by molar-refractivity contribution is -0.220. The van der Waals surface area contributed by atoms with Crippen LogP contribution in [-0.4, -0.2) is 97.4 Å². The number of carbonyl (C=O) groups is 1. The summed E-state index contributed by atoms with van der Waals surface area (Å²) in [6.45, 7) is 0.802. The number of phosphoric acid groups is 1. The predicted molar refractivity (Wildman–Crippen MR) is 156 cm³/mol. The first-order valence-electron chi connectivity index (χ1n) is 14.1. The van der Waals surface area contributed by atoms with Gasteiger partial charge in [-0.1, -0.05) is 67.7 Å². The van der Waals surface area contributed by atoms with Crippen molar-refractivity contribution in [1.82, 2.24) is 0 Å². The van der Waals surface area contributed by atoms with Crippen LogP contribution in [0.1, 0.15) is 58.3 Å². The summed E-state index contributed by atoms with van der Waals surface area (Å²) < 4.78 is 26.3. The lowest BCUT2D eigenvalue weighted by Gasteiger charge is -2.41. The van der Waals surface area contributed by atoms with E-state index in [0.717, 1.165) is 32.1 Å². The van der Waals surface area contributed by atoms with Gasteiger partial charge in [-0.3, -0.25) is 13.8 Å². The maximum Gasteiger partial charge on any atom is 0.472 e. The van der Waals surface area contributed by atoms with E-state index in [-0.39, 0.29) is 6.42 Å². The molecular weight excluding hydrogens is 571 g/mol. The Hall–Kier alpha value is -1.96. The minimum absolute atomic E-state index is 0.109. The van der Waals surface area contributed by atoms with Gasteiger partial charge in [0, 0.05) is 6.42 Å². The molecule has 240 valence electrons. The zero-order valence-electron chi connectivity index (χ0n) is 24.0. The van der Waals surface area contributed by atoms with Crippen LogP contribution in [0.5, 0.6) is 0 Å². The molecule has 0 amide bonds. The molecule has 0 heterocycles. The molecule has 42 heavy (non-hydrogen) atoms. The molecule has 1 aliphatic carbocycles. The minimum atomic E-state index is -5.00. The second kappa shape index (κ2) is 21.7. The average Bonchev–Trinajstić information content (AvgIpc) is 2.96. The predicted octanol–water partition coefficient (Wildman–Crippen LogP) is 2.13. The summed E-state index contributed by atoms with van der Waals surface area (Å²) in [6.07, 6.45) is 13.6. The molecule has 1 saturated carbocycles. The third-order valence-corrected chi connectivity index (χ3v) is 7.09. The van der Waals surface area contributed by atoms with Crippen molar-refractivity contribution >= 4 is 13.8 Å². The fraction of sp³-hybridized carbons (Fsp3) is 0.621. The third kappa shape index (κ3) is 16.0.